The van der Waals surface area contributed by atoms with Crippen LogP contribution in [-0.2, 0) is 9.53 Å². The molecule has 3 nitrogen and oxygen atoms in total. The molecular formula is C25H36O3. The molecule has 0 heterocycles. The van der Waals surface area contributed by atoms with Crippen molar-refractivity contribution >= 4 is 5.97 Å². The minimum atomic E-state index is -0.341. The first-order valence-corrected chi connectivity index (χ1v) is 10.8. The molecule has 0 spiro atoms. The summed E-state index contributed by atoms with van der Waals surface area (Å²) in [6.45, 7) is 2.19. The van der Waals surface area contributed by atoms with Crippen molar-refractivity contribution in [3.63, 3.8) is 0 Å². The molecule has 0 fully saturated rings. The smallest absolute Gasteiger partial charge is 0.305 e. The molecule has 154 valence electrons. The summed E-state index contributed by atoms with van der Waals surface area (Å²) in [5.41, 5.74) is 3.88. The molecule has 2 atom stereocenters. The topological polar surface area (TPSA) is 46.5 Å². The van der Waals surface area contributed by atoms with Crippen LogP contribution in [-0.4, -0.2) is 18.2 Å². The van der Waals surface area contributed by atoms with Gasteiger partial charge in [0.05, 0.1) is 13.2 Å². The molecule has 0 radical (unpaired) electrons. The Kier molecular flexibility index (Phi) is 10.1. The van der Waals surface area contributed by atoms with Gasteiger partial charge in [0.15, 0.2) is 0 Å². The van der Waals surface area contributed by atoms with E-state index in [1.807, 2.05) is 0 Å². The van der Waals surface area contributed by atoms with Gasteiger partial charge in [0, 0.05) is 12.3 Å². The van der Waals surface area contributed by atoms with Crippen molar-refractivity contribution in [2.75, 3.05) is 7.11 Å². The van der Waals surface area contributed by atoms with E-state index in [0.717, 1.165) is 44.1 Å². The second-order valence-electron chi connectivity index (χ2n) is 7.73. The van der Waals surface area contributed by atoms with E-state index in [4.69, 9.17) is 0 Å². The first kappa shape index (κ1) is 22.4. The van der Waals surface area contributed by atoms with Crippen molar-refractivity contribution in [3.8, 4) is 0 Å². The van der Waals surface area contributed by atoms with Crippen molar-refractivity contribution in [2.24, 2.45) is 0 Å². The van der Waals surface area contributed by atoms with Gasteiger partial charge < -0.3 is 9.84 Å². The van der Waals surface area contributed by atoms with Gasteiger partial charge >= 0.3 is 5.97 Å². The summed E-state index contributed by atoms with van der Waals surface area (Å²) in [5.74, 6) is 0.358. The third-order valence-electron chi connectivity index (χ3n) is 5.61. The van der Waals surface area contributed by atoms with E-state index in [9.17, 15) is 9.90 Å². The number of carbonyl (C=O) groups excluding carboxylic acids is 1. The summed E-state index contributed by atoms with van der Waals surface area (Å²) in [5, 5.41) is 10.3. The quantitative estimate of drug-likeness (QED) is 0.258. The molecule has 1 aliphatic rings. The van der Waals surface area contributed by atoms with Gasteiger partial charge in [0.2, 0.25) is 0 Å². The number of ether oxygens (including phenoxy) is 1. The predicted octanol–water partition coefficient (Wildman–Crippen LogP) is 6.39. The third kappa shape index (κ3) is 7.27. The van der Waals surface area contributed by atoms with Gasteiger partial charge in [-0.25, -0.2) is 0 Å². The van der Waals surface area contributed by atoms with E-state index in [1.165, 1.54) is 37.5 Å². The minimum Gasteiger partial charge on any atom is -0.469 e. The van der Waals surface area contributed by atoms with Crippen molar-refractivity contribution in [2.45, 2.75) is 83.2 Å². The summed E-state index contributed by atoms with van der Waals surface area (Å²) in [6, 6.07) is 8.60. The van der Waals surface area contributed by atoms with Gasteiger partial charge in [-0.3, -0.25) is 4.79 Å². The Morgan fingerprint density at radius 1 is 1.21 bits per heavy atom. The Balaban J connectivity index is 1.82. The molecule has 1 unspecified atom stereocenters. The number of allylic oxidation sites excluding steroid dienone is 4. The highest BCUT2D eigenvalue weighted by Crippen LogP contribution is 2.37. The monoisotopic (exact) mass is 384 g/mol. The molecule has 0 saturated carbocycles. The highest BCUT2D eigenvalue weighted by molar-refractivity contribution is 5.69. The molecule has 0 aromatic heterocycles. The number of unbranched alkanes of at least 4 members (excludes halogenated alkanes) is 3. The van der Waals surface area contributed by atoms with Crippen LogP contribution in [0, 0.1) is 0 Å². The van der Waals surface area contributed by atoms with Crippen LogP contribution in [0.3, 0.4) is 0 Å². The molecule has 0 amide bonds. The fourth-order valence-electron chi connectivity index (χ4n) is 3.88. The number of esters is 1. The van der Waals surface area contributed by atoms with Gasteiger partial charge in [0.1, 0.15) is 0 Å². The molecule has 3 heteroatoms. The van der Waals surface area contributed by atoms with Gasteiger partial charge in [0.25, 0.3) is 0 Å². The van der Waals surface area contributed by atoms with Crippen molar-refractivity contribution < 1.29 is 14.6 Å². The average molecular weight is 385 g/mol. The van der Waals surface area contributed by atoms with Crippen LogP contribution in [0.1, 0.15) is 94.3 Å². The fourth-order valence-corrected chi connectivity index (χ4v) is 3.88. The number of rotatable bonds is 12. The van der Waals surface area contributed by atoms with E-state index in [2.05, 4.69) is 54.2 Å². The number of carbonyl (C=O) groups is 1. The van der Waals surface area contributed by atoms with Gasteiger partial charge in [-0.2, -0.15) is 0 Å². The Bertz CT molecular complexity index is 642. The third-order valence-corrected chi connectivity index (χ3v) is 5.61. The Hall–Kier alpha value is -1.87. The van der Waals surface area contributed by atoms with Crippen LogP contribution in [0.15, 0.2) is 48.1 Å². The molecule has 0 saturated heterocycles. The zero-order chi connectivity index (χ0) is 20.2. The van der Waals surface area contributed by atoms with Crippen LogP contribution >= 0.6 is 0 Å². The standard InChI is InChI=1S/C25H36O3/c1-3-4-7-14-24(26)22-18-16-21(17-19-22)23-13-10-12-20(23)11-8-5-6-9-15-25(27)28-2/h5,8,12,16-19,23-24,26H,3-4,6-7,9-11,13-15H2,1-2H3/b8-5-/t23-,24?/m0/s1. The zero-order valence-electron chi connectivity index (χ0n) is 17.5. The molecule has 0 bridgehead atoms. The highest BCUT2D eigenvalue weighted by Gasteiger charge is 2.20. The van der Waals surface area contributed by atoms with Crippen LogP contribution < -0.4 is 0 Å². The van der Waals surface area contributed by atoms with Crippen LogP contribution in [0.25, 0.3) is 0 Å². The zero-order valence-corrected chi connectivity index (χ0v) is 17.5. The number of hydrogen-bond donors (Lipinski definition) is 1. The van der Waals surface area contributed by atoms with Gasteiger partial charge in [-0.1, -0.05) is 74.3 Å². The summed E-state index contributed by atoms with van der Waals surface area (Å²) in [4.78, 5) is 11.1. The van der Waals surface area contributed by atoms with Crippen molar-refractivity contribution in [1.82, 2.24) is 0 Å². The lowest BCUT2D eigenvalue weighted by Crippen LogP contribution is -2.01. The number of hydrogen-bond acceptors (Lipinski definition) is 3. The second-order valence-corrected chi connectivity index (χ2v) is 7.73. The van der Waals surface area contributed by atoms with E-state index in [1.54, 1.807) is 0 Å². The lowest BCUT2D eigenvalue weighted by atomic mass is 9.89. The highest BCUT2D eigenvalue weighted by atomic mass is 16.5. The lowest BCUT2D eigenvalue weighted by molar-refractivity contribution is -0.140. The van der Waals surface area contributed by atoms with Crippen molar-refractivity contribution in [3.05, 3.63) is 59.2 Å². The predicted molar refractivity (Wildman–Crippen MR) is 115 cm³/mol. The molecule has 2 rings (SSSR count). The van der Waals surface area contributed by atoms with Gasteiger partial charge in [-0.15, -0.1) is 0 Å². The molecule has 1 aromatic carbocycles. The first-order chi connectivity index (χ1) is 13.7. The van der Waals surface area contributed by atoms with Gasteiger partial charge in [-0.05, 0) is 49.7 Å². The average Bonchev–Trinajstić information content (AvgIpc) is 3.19. The summed E-state index contributed by atoms with van der Waals surface area (Å²) in [7, 11) is 1.44. The Morgan fingerprint density at radius 2 is 2.00 bits per heavy atom. The van der Waals surface area contributed by atoms with E-state index in [0.29, 0.717) is 12.3 Å². The lowest BCUT2D eigenvalue weighted by Gasteiger charge is -2.16. The first-order valence-electron chi connectivity index (χ1n) is 10.8. The van der Waals surface area contributed by atoms with E-state index >= 15 is 0 Å². The molecular weight excluding hydrogens is 348 g/mol. The van der Waals surface area contributed by atoms with E-state index < -0.39 is 0 Å². The fraction of sp³-hybridized carbons (Fsp3) is 0.560. The number of benzene rings is 1. The van der Waals surface area contributed by atoms with Crippen LogP contribution in [0.4, 0.5) is 0 Å². The second kappa shape index (κ2) is 12.6. The number of methoxy groups -OCH3 is 1. The molecule has 1 aromatic rings. The van der Waals surface area contributed by atoms with E-state index in [-0.39, 0.29) is 12.1 Å². The molecule has 1 N–H and O–H groups in total. The summed E-state index contributed by atoms with van der Waals surface area (Å²) >= 11 is 0. The number of aliphatic hydroxyl groups excluding tert-OH is 1. The molecule has 28 heavy (non-hydrogen) atoms. The normalized spacial score (nSPS) is 17.7. The SMILES string of the molecule is CCCCCC(O)c1ccc([C@H]2CCC=C2C/C=C\CCCC(=O)OC)cc1. The molecule has 0 aliphatic heterocycles. The van der Waals surface area contributed by atoms with Crippen LogP contribution in [0.2, 0.25) is 0 Å². The van der Waals surface area contributed by atoms with Crippen LogP contribution in [0.5, 0.6) is 0 Å². The maximum atomic E-state index is 11.1. The maximum absolute atomic E-state index is 11.1. The Labute approximate surface area is 170 Å². The minimum absolute atomic E-state index is 0.133. The largest absolute Gasteiger partial charge is 0.469 e. The number of aliphatic hydroxyl groups is 1. The van der Waals surface area contributed by atoms with Crippen molar-refractivity contribution in [1.29, 1.82) is 0 Å². The Morgan fingerprint density at radius 3 is 2.71 bits per heavy atom. The molecule has 1 aliphatic carbocycles. The summed E-state index contributed by atoms with van der Waals surface area (Å²) in [6.07, 6.45) is 16.3. The maximum Gasteiger partial charge on any atom is 0.305 e. The summed E-state index contributed by atoms with van der Waals surface area (Å²) < 4.78 is 4.66.